The average molecular weight is 216 g/mol. The van der Waals surface area contributed by atoms with Crippen molar-refractivity contribution < 1.29 is 4.79 Å². The second-order valence-electron chi connectivity index (χ2n) is 3.55. The van der Waals surface area contributed by atoms with Crippen LogP contribution in [0.1, 0.15) is 21.6 Å². The zero-order valence-corrected chi connectivity index (χ0v) is 9.11. The number of pyridine rings is 1. The van der Waals surface area contributed by atoms with Crippen molar-refractivity contribution >= 4 is 11.6 Å². The Balaban J connectivity index is 2.21. The highest BCUT2D eigenvalue weighted by Gasteiger charge is 2.11. The summed E-state index contributed by atoms with van der Waals surface area (Å²) in [5, 5.41) is 9.35. The number of amides is 1. The first-order valence-electron chi connectivity index (χ1n) is 4.90. The van der Waals surface area contributed by atoms with E-state index in [1.54, 1.807) is 25.4 Å². The van der Waals surface area contributed by atoms with Crippen molar-refractivity contribution in [3.05, 3.63) is 41.5 Å². The molecule has 0 spiro atoms. The van der Waals surface area contributed by atoms with E-state index in [2.05, 4.69) is 20.5 Å². The van der Waals surface area contributed by atoms with Crippen LogP contribution in [0, 0.1) is 13.8 Å². The molecule has 0 aliphatic heterocycles. The fourth-order valence-electron chi connectivity index (χ4n) is 1.38. The van der Waals surface area contributed by atoms with Gasteiger partial charge in [-0.05, 0) is 25.5 Å². The first-order valence-corrected chi connectivity index (χ1v) is 4.90. The van der Waals surface area contributed by atoms with Gasteiger partial charge in [0.25, 0.3) is 5.91 Å². The standard InChI is InChI=1S/C11H12N4O/c1-7-5-12-4-3-10(7)14-11(16)9-6-13-15-8(9)2/h3-6H,1-2H3,(H,13,15)(H,12,14,16). The number of aromatic nitrogens is 3. The Kier molecular flexibility index (Phi) is 2.68. The number of aromatic amines is 1. The Labute approximate surface area is 92.9 Å². The van der Waals surface area contributed by atoms with E-state index < -0.39 is 0 Å². The van der Waals surface area contributed by atoms with Gasteiger partial charge < -0.3 is 5.32 Å². The van der Waals surface area contributed by atoms with Crippen LogP contribution in [-0.4, -0.2) is 21.1 Å². The summed E-state index contributed by atoms with van der Waals surface area (Å²) in [6.07, 6.45) is 4.86. The molecule has 1 amide bonds. The summed E-state index contributed by atoms with van der Waals surface area (Å²) in [4.78, 5) is 15.8. The zero-order chi connectivity index (χ0) is 11.5. The van der Waals surface area contributed by atoms with Crippen molar-refractivity contribution in [1.29, 1.82) is 0 Å². The number of anilines is 1. The van der Waals surface area contributed by atoms with Gasteiger partial charge in [-0.2, -0.15) is 5.10 Å². The van der Waals surface area contributed by atoms with Crippen molar-refractivity contribution in [2.45, 2.75) is 13.8 Å². The number of rotatable bonds is 2. The molecule has 0 fully saturated rings. The van der Waals surface area contributed by atoms with Gasteiger partial charge in [0.05, 0.1) is 11.8 Å². The lowest BCUT2D eigenvalue weighted by atomic mass is 10.2. The smallest absolute Gasteiger partial charge is 0.259 e. The SMILES string of the molecule is Cc1cnccc1NC(=O)c1cn[nH]c1C. The normalized spacial score (nSPS) is 10.1. The van der Waals surface area contributed by atoms with Gasteiger partial charge in [0, 0.05) is 23.8 Å². The molecule has 16 heavy (non-hydrogen) atoms. The predicted octanol–water partition coefficient (Wildman–Crippen LogP) is 1.67. The largest absolute Gasteiger partial charge is 0.322 e. The van der Waals surface area contributed by atoms with Gasteiger partial charge in [0.15, 0.2) is 0 Å². The summed E-state index contributed by atoms with van der Waals surface area (Å²) >= 11 is 0. The fraction of sp³-hybridized carbons (Fsp3) is 0.182. The number of carbonyl (C=O) groups excluding carboxylic acids is 1. The fourth-order valence-corrected chi connectivity index (χ4v) is 1.38. The molecule has 0 atom stereocenters. The monoisotopic (exact) mass is 216 g/mol. The van der Waals surface area contributed by atoms with Crippen molar-refractivity contribution in [1.82, 2.24) is 15.2 Å². The number of hydrogen-bond acceptors (Lipinski definition) is 3. The molecule has 2 aromatic heterocycles. The molecule has 5 heteroatoms. The minimum atomic E-state index is -0.166. The minimum Gasteiger partial charge on any atom is -0.322 e. The highest BCUT2D eigenvalue weighted by molar-refractivity contribution is 6.05. The lowest BCUT2D eigenvalue weighted by molar-refractivity contribution is 0.102. The van der Waals surface area contributed by atoms with Crippen molar-refractivity contribution in [3.63, 3.8) is 0 Å². The summed E-state index contributed by atoms with van der Waals surface area (Å²) in [5.74, 6) is -0.166. The van der Waals surface area contributed by atoms with Gasteiger partial charge in [-0.15, -0.1) is 0 Å². The number of nitrogens with one attached hydrogen (secondary N) is 2. The Hall–Kier alpha value is -2.17. The third kappa shape index (κ3) is 1.93. The molecule has 0 saturated heterocycles. The van der Waals surface area contributed by atoms with E-state index in [4.69, 9.17) is 0 Å². The van der Waals surface area contributed by atoms with Crippen molar-refractivity contribution in [2.75, 3.05) is 5.32 Å². The van der Waals surface area contributed by atoms with E-state index in [0.29, 0.717) is 5.56 Å². The van der Waals surface area contributed by atoms with E-state index in [9.17, 15) is 4.79 Å². The molecule has 0 aromatic carbocycles. The van der Waals surface area contributed by atoms with Crippen LogP contribution < -0.4 is 5.32 Å². The first kappa shape index (κ1) is 10.4. The first-order chi connectivity index (χ1) is 7.68. The molecule has 0 unspecified atom stereocenters. The van der Waals surface area contributed by atoms with Gasteiger partial charge in [0.1, 0.15) is 0 Å². The van der Waals surface area contributed by atoms with E-state index >= 15 is 0 Å². The molecule has 0 radical (unpaired) electrons. The van der Waals surface area contributed by atoms with Crippen LogP contribution in [-0.2, 0) is 0 Å². The lowest BCUT2D eigenvalue weighted by Crippen LogP contribution is -2.13. The summed E-state index contributed by atoms with van der Waals surface area (Å²) in [6, 6.07) is 1.77. The number of nitrogens with zero attached hydrogens (tertiary/aromatic N) is 2. The highest BCUT2D eigenvalue weighted by Crippen LogP contribution is 2.13. The van der Waals surface area contributed by atoms with E-state index in [1.807, 2.05) is 6.92 Å². The second kappa shape index (κ2) is 4.14. The molecule has 0 aliphatic carbocycles. The minimum absolute atomic E-state index is 0.166. The third-order valence-corrected chi connectivity index (χ3v) is 2.34. The summed E-state index contributed by atoms with van der Waals surface area (Å²) in [7, 11) is 0. The molecule has 0 saturated carbocycles. The van der Waals surface area contributed by atoms with E-state index in [0.717, 1.165) is 16.9 Å². The van der Waals surface area contributed by atoms with Crippen LogP contribution in [0.2, 0.25) is 0 Å². The molecule has 5 nitrogen and oxygen atoms in total. The molecule has 2 rings (SSSR count). The van der Waals surface area contributed by atoms with E-state index in [1.165, 1.54) is 6.20 Å². The van der Waals surface area contributed by atoms with Gasteiger partial charge in [-0.1, -0.05) is 0 Å². The van der Waals surface area contributed by atoms with Gasteiger partial charge in [0.2, 0.25) is 0 Å². The Bertz CT molecular complexity index is 518. The number of carbonyl (C=O) groups is 1. The van der Waals surface area contributed by atoms with Crippen molar-refractivity contribution in [3.8, 4) is 0 Å². The lowest BCUT2D eigenvalue weighted by Gasteiger charge is -2.06. The Morgan fingerprint density at radius 1 is 1.38 bits per heavy atom. The van der Waals surface area contributed by atoms with Gasteiger partial charge in [-0.25, -0.2) is 0 Å². The number of aryl methyl sites for hydroxylation is 2. The van der Waals surface area contributed by atoms with Crippen LogP contribution in [0.5, 0.6) is 0 Å². The molecule has 2 N–H and O–H groups in total. The maximum Gasteiger partial charge on any atom is 0.259 e. The summed E-state index contributed by atoms with van der Waals surface area (Å²) in [6.45, 7) is 3.70. The molecule has 2 heterocycles. The summed E-state index contributed by atoms with van der Waals surface area (Å²) < 4.78 is 0. The third-order valence-electron chi connectivity index (χ3n) is 2.34. The molecule has 0 aliphatic rings. The van der Waals surface area contributed by atoms with Crippen LogP contribution in [0.15, 0.2) is 24.7 Å². The van der Waals surface area contributed by atoms with Gasteiger partial charge >= 0.3 is 0 Å². The number of hydrogen-bond donors (Lipinski definition) is 2. The Morgan fingerprint density at radius 3 is 2.81 bits per heavy atom. The molecular weight excluding hydrogens is 204 g/mol. The highest BCUT2D eigenvalue weighted by atomic mass is 16.1. The van der Waals surface area contributed by atoms with Crippen LogP contribution >= 0.6 is 0 Å². The van der Waals surface area contributed by atoms with Crippen LogP contribution in [0.4, 0.5) is 5.69 Å². The predicted molar refractivity (Wildman–Crippen MR) is 60.3 cm³/mol. The van der Waals surface area contributed by atoms with E-state index in [-0.39, 0.29) is 5.91 Å². The molecule has 82 valence electrons. The summed E-state index contributed by atoms with van der Waals surface area (Å²) in [5.41, 5.74) is 3.00. The molecule has 0 bridgehead atoms. The van der Waals surface area contributed by atoms with Crippen LogP contribution in [0.25, 0.3) is 0 Å². The molecular formula is C11H12N4O. The Morgan fingerprint density at radius 2 is 2.19 bits per heavy atom. The second-order valence-corrected chi connectivity index (χ2v) is 3.55. The zero-order valence-electron chi connectivity index (χ0n) is 9.11. The molecule has 2 aromatic rings. The number of H-pyrrole nitrogens is 1. The maximum atomic E-state index is 11.9. The topological polar surface area (TPSA) is 70.7 Å². The van der Waals surface area contributed by atoms with Crippen LogP contribution in [0.3, 0.4) is 0 Å². The quantitative estimate of drug-likeness (QED) is 0.802. The van der Waals surface area contributed by atoms with Gasteiger partial charge in [-0.3, -0.25) is 14.9 Å². The van der Waals surface area contributed by atoms with Crippen molar-refractivity contribution in [2.24, 2.45) is 0 Å². The maximum absolute atomic E-state index is 11.9. The average Bonchev–Trinajstić information content (AvgIpc) is 2.68.